The summed E-state index contributed by atoms with van der Waals surface area (Å²) in [5, 5.41) is 11.8. The van der Waals surface area contributed by atoms with Gasteiger partial charge in [0.2, 0.25) is 5.91 Å². The van der Waals surface area contributed by atoms with Gasteiger partial charge >= 0.3 is 5.97 Å². The average Bonchev–Trinajstić information content (AvgIpc) is 2.86. The fourth-order valence-electron chi connectivity index (χ4n) is 2.27. The van der Waals surface area contributed by atoms with Gasteiger partial charge in [0, 0.05) is 25.0 Å². The summed E-state index contributed by atoms with van der Waals surface area (Å²) in [5.41, 5.74) is -0.126. The number of nitrogens with zero attached hydrogens (tertiary/aromatic N) is 2. The molecule has 2 N–H and O–H groups in total. The number of aromatic nitrogens is 1. The molecular weight excluding hydrogens is 262 g/mol. The fourth-order valence-corrected chi connectivity index (χ4v) is 2.27. The molecule has 7 heteroatoms. The van der Waals surface area contributed by atoms with Crippen LogP contribution in [0.5, 0.6) is 0 Å². The number of carbonyl (C=O) groups is 2. The summed E-state index contributed by atoms with van der Waals surface area (Å²) < 4.78 is 5.07. The summed E-state index contributed by atoms with van der Waals surface area (Å²) in [7, 11) is 0. The molecule has 2 heterocycles. The normalized spacial score (nSPS) is 19.1. The minimum atomic E-state index is -1.12. The third-order valence-electron chi connectivity index (χ3n) is 3.28. The van der Waals surface area contributed by atoms with Gasteiger partial charge in [0.1, 0.15) is 6.26 Å². The van der Waals surface area contributed by atoms with E-state index >= 15 is 0 Å². The predicted octanol–water partition coefficient (Wildman–Crippen LogP) is 1.43. The standard InChI is InChI=1S/C13H19N3O4/c1-8(2)11(17)16-5-3-4-9(6-16)14-13-15-10(7-20-13)12(18)19/h7-9H,3-6H2,1-2H3,(H,14,15)(H,18,19). The van der Waals surface area contributed by atoms with E-state index in [0.717, 1.165) is 25.6 Å². The van der Waals surface area contributed by atoms with Crippen molar-refractivity contribution >= 4 is 17.9 Å². The number of anilines is 1. The molecule has 1 atom stereocenters. The molecule has 0 aromatic carbocycles. The molecule has 1 fully saturated rings. The highest BCUT2D eigenvalue weighted by Crippen LogP contribution is 2.17. The van der Waals surface area contributed by atoms with Crippen molar-refractivity contribution in [2.24, 2.45) is 5.92 Å². The zero-order valence-electron chi connectivity index (χ0n) is 11.6. The van der Waals surface area contributed by atoms with Crippen molar-refractivity contribution in [2.75, 3.05) is 18.4 Å². The van der Waals surface area contributed by atoms with Crippen molar-refractivity contribution in [1.82, 2.24) is 9.88 Å². The van der Waals surface area contributed by atoms with Crippen molar-refractivity contribution in [1.29, 1.82) is 0 Å². The summed E-state index contributed by atoms with van der Waals surface area (Å²) in [4.78, 5) is 28.3. The molecule has 1 unspecified atom stereocenters. The van der Waals surface area contributed by atoms with Crippen LogP contribution in [-0.2, 0) is 4.79 Å². The number of hydrogen-bond donors (Lipinski definition) is 2. The minimum Gasteiger partial charge on any atom is -0.476 e. The van der Waals surface area contributed by atoms with Crippen LogP contribution in [-0.4, -0.2) is 46.0 Å². The van der Waals surface area contributed by atoms with E-state index in [1.807, 2.05) is 18.7 Å². The smallest absolute Gasteiger partial charge is 0.357 e. The van der Waals surface area contributed by atoms with E-state index in [1.54, 1.807) is 0 Å². The first-order valence-electron chi connectivity index (χ1n) is 6.71. The summed E-state index contributed by atoms with van der Waals surface area (Å²) in [6, 6.07) is 0.220. The maximum atomic E-state index is 12.0. The van der Waals surface area contributed by atoms with Gasteiger partial charge in [0.25, 0.3) is 6.01 Å². The molecule has 0 aliphatic carbocycles. The van der Waals surface area contributed by atoms with Crippen LogP contribution in [0.4, 0.5) is 6.01 Å². The summed E-state index contributed by atoms with van der Waals surface area (Å²) in [6.07, 6.45) is 2.90. The van der Waals surface area contributed by atoms with Crippen molar-refractivity contribution in [2.45, 2.75) is 32.7 Å². The highest BCUT2D eigenvalue weighted by atomic mass is 16.4. The van der Waals surface area contributed by atoms with Crippen LogP contribution in [0.3, 0.4) is 0 Å². The second-order valence-corrected chi connectivity index (χ2v) is 5.27. The van der Waals surface area contributed by atoms with Gasteiger partial charge in [-0.05, 0) is 12.8 Å². The van der Waals surface area contributed by atoms with E-state index in [1.165, 1.54) is 0 Å². The zero-order valence-corrected chi connectivity index (χ0v) is 11.6. The number of piperidine rings is 1. The number of likely N-dealkylation sites (tertiary alicyclic amines) is 1. The van der Waals surface area contributed by atoms with Crippen LogP contribution in [0.2, 0.25) is 0 Å². The van der Waals surface area contributed by atoms with Gasteiger partial charge in [0.05, 0.1) is 0 Å². The summed E-state index contributed by atoms with van der Waals surface area (Å²) in [5.74, 6) is -1.01. The highest BCUT2D eigenvalue weighted by Gasteiger charge is 2.26. The Labute approximate surface area is 117 Å². The number of aromatic carboxylic acids is 1. The molecule has 0 spiro atoms. The van der Waals surface area contributed by atoms with E-state index in [0.29, 0.717) is 6.54 Å². The molecule has 1 saturated heterocycles. The van der Waals surface area contributed by atoms with Gasteiger partial charge in [-0.25, -0.2) is 4.79 Å². The van der Waals surface area contributed by atoms with Gasteiger partial charge < -0.3 is 19.7 Å². The maximum absolute atomic E-state index is 12.0. The molecule has 0 saturated carbocycles. The second-order valence-electron chi connectivity index (χ2n) is 5.27. The Morgan fingerprint density at radius 1 is 1.55 bits per heavy atom. The molecule has 20 heavy (non-hydrogen) atoms. The second kappa shape index (κ2) is 5.94. The lowest BCUT2D eigenvalue weighted by Gasteiger charge is -2.33. The molecule has 0 bridgehead atoms. The molecule has 7 nitrogen and oxygen atoms in total. The summed E-state index contributed by atoms with van der Waals surface area (Å²) in [6.45, 7) is 5.11. The first-order chi connectivity index (χ1) is 9.47. The highest BCUT2D eigenvalue weighted by molar-refractivity contribution is 5.85. The number of carboxylic acids is 1. The van der Waals surface area contributed by atoms with Gasteiger partial charge in [0.15, 0.2) is 5.69 Å². The first-order valence-corrected chi connectivity index (χ1v) is 6.71. The number of carbonyl (C=O) groups excluding carboxylic acids is 1. The van der Waals surface area contributed by atoms with Crippen LogP contribution < -0.4 is 5.32 Å². The maximum Gasteiger partial charge on any atom is 0.357 e. The molecule has 2 rings (SSSR count). The van der Waals surface area contributed by atoms with Gasteiger partial charge in [-0.1, -0.05) is 13.8 Å². The SMILES string of the molecule is CC(C)C(=O)N1CCCC(Nc2nc(C(=O)O)co2)C1. The Hall–Kier alpha value is -2.05. The summed E-state index contributed by atoms with van der Waals surface area (Å²) >= 11 is 0. The Morgan fingerprint density at radius 2 is 2.30 bits per heavy atom. The average molecular weight is 281 g/mol. The lowest BCUT2D eigenvalue weighted by atomic mass is 10.0. The molecular formula is C13H19N3O4. The largest absolute Gasteiger partial charge is 0.476 e. The zero-order chi connectivity index (χ0) is 14.7. The van der Waals surface area contributed by atoms with E-state index in [4.69, 9.17) is 9.52 Å². The lowest BCUT2D eigenvalue weighted by molar-refractivity contribution is -0.135. The molecule has 110 valence electrons. The quantitative estimate of drug-likeness (QED) is 0.866. The molecule has 1 aromatic heterocycles. The Kier molecular flexibility index (Phi) is 4.26. The van der Waals surface area contributed by atoms with E-state index in [9.17, 15) is 9.59 Å². The van der Waals surface area contributed by atoms with E-state index in [-0.39, 0.29) is 29.6 Å². The van der Waals surface area contributed by atoms with Crippen LogP contribution in [0, 0.1) is 5.92 Å². The van der Waals surface area contributed by atoms with Gasteiger partial charge in [-0.2, -0.15) is 4.98 Å². The van der Waals surface area contributed by atoms with Crippen LogP contribution in [0.25, 0.3) is 0 Å². The Bertz CT molecular complexity index is 498. The molecule has 0 radical (unpaired) electrons. The third kappa shape index (κ3) is 3.28. The van der Waals surface area contributed by atoms with Gasteiger partial charge in [-0.3, -0.25) is 4.79 Å². The topological polar surface area (TPSA) is 95.7 Å². The number of carboxylic acid groups (broad SMARTS) is 1. The minimum absolute atomic E-state index is 0.0194. The van der Waals surface area contributed by atoms with Crippen LogP contribution >= 0.6 is 0 Å². The molecule has 1 aromatic rings. The fraction of sp³-hybridized carbons (Fsp3) is 0.615. The molecule has 1 aliphatic heterocycles. The first kappa shape index (κ1) is 14.4. The number of oxazole rings is 1. The van der Waals surface area contributed by atoms with Crippen molar-refractivity contribution in [3.8, 4) is 0 Å². The number of nitrogens with one attached hydrogen (secondary N) is 1. The molecule has 1 aliphatic rings. The van der Waals surface area contributed by atoms with Crippen molar-refractivity contribution in [3.05, 3.63) is 12.0 Å². The van der Waals surface area contributed by atoms with Crippen molar-refractivity contribution in [3.63, 3.8) is 0 Å². The van der Waals surface area contributed by atoms with Gasteiger partial charge in [-0.15, -0.1) is 0 Å². The van der Waals surface area contributed by atoms with Crippen LogP contribution in [0.1, 0.15) is 37.2 Å². The van der Waals surface area contributed by atoms with Crippen molar-refractivity contribution < 1.29 is 19.1 Å². The third-order valence-corrected chi connectivity index (χ3v) is 3.28. The number of hydrogen-bond acceptors (Lipinski definition) is 5. The van der Waals surface area contributed by atoms with E-state index < -0.39 is 5.97 Å². The van der Waals surface area contributed by atoms with E-state index in [2.05, 4.69) is 10.3 Å². The number of rotatable bonds is 4. The molecule has 1 amide bonds. The lowest BCUT2D eigenvalue weighted by Crippen LogP contribution is -2.46. The number of amides is 1. The van der Waals surface area contributed by atoms with Crippen LogP contribution in [0.15, 0.2) is 10.7 Å². The Morgan fingerprint density at radius 3 is 2.90 bits per heavy atom. The monoisotopic (exact) mass is 281 g/mol. The Balaban J connectivity index is 1.95. The predicted molar refractivity (Wildman–Crippen MR) is 71.5 cm³/mol.